The summed E-state index contributed by atoms with van der Waals surface area (Å²) in [6, 6.07) is 6.63. The Hall–Kier alpha value is -1.22. The highest BCUT2D eigenvalue weighted by Crippen LogP contribution is 2.26. The van der Waals surface area contributed by atoms with Crippen LogP contribution in [0.5, 0.6) is 0 Å². The second-order valence-electron chi connectivity index (χ2n) is 3.54. The molecule has 1 atom stereocenters. The van der Waals surface area contributed by atoms with Crippen molar-refractivity contribution in [2.75, 3.05) is 0 Å². The molecule has 2 rings (SSSR count). The monoisotopic (exact) mass is 156 g/mol. The summed E-state index contributed by atoms with van der Waals surface area (Å²) >= 11 is 0. The summed E-state index contributed by atoms with van der Waals surface area (Å²) in [5, 5.41) is 0. The highest BCUT2D eigenvalue weighted by Gasteiger charge is 2.18. The van der Waals surface area contributed by atoms with Gasteiger partial charge in [0.05, 0.1) is 0 Å². The van der Waals surface area contributed by atoms with E-state index in [1.807, 2.05) is 0 Å². The Morgan fingerprint density at radius 1 is 1.33 bits per heavy atom. The SMILES string of the molecule is C#CC1Cc2ccc(C)cc2C1. The number of terminal acetylenes is 1. The second-order valence-corrected chi connectivity index (χ2v) is 3.54. The van der Waals surface area contributed by atoms with Crippen LogP contribution in [0.2, 0.25) is 0 Å². The van der Waals surface area contributed by atoms with Crippen molar-refractivity contribution < 1.29 is 0 Å². The Morgan fingerprint density at radius 3 is 2.83 bits per heavy atom. The molecule has 0 heteroatoms. The van der Waals surface area contributed by atoms with E-state index < -0.39 is 0 Å². The van der Waals surface area contributed by atoms with Crippen molar-refractivity contribution >= 4 is 0 Å². The van der Waals surface area contributed by atoms with E-state index in [0.717, 1.165) is 12.8 Å². The minimum Gasteiger partial charge on any atom is -0.120 e. The van der Waals surface area contributed by atoms with Gasteiger partial charge in [0.2, 0.25) is 0 Å². The van der Waals surface area contributed by atoms with Crippen LogP contribution in [0.3, 0.4) is 0 Å². The summed E-state index contributed by atoms with van der Waals surface area (Å²) in [6.45, 7) is 2.13. The number of fused-ring (bicyclic) bond motifs is 1. The number of rotatable bonds is 0. The Balaban J connectivity index is 2.37. The average Bonchev–Trinajstić information content (AvgIpc) is 2.46. The first kappa shape index (κ1) is 7.43. The van der Waals surface area contributed by atoms with Crippen molar-refractivity contribution in [3.63, 3.8) is 0 Å². The van der Waals surface area contributed by atoms with E-state index >= 15 is 0 Å². The Bertz CT molecular complexity index is 342. The van der Waals surface area contributed by atoms with Gasteiger partial charge in [0, 0.05) is 5.92 Å². The van der Waals surface area contributed by atoms with Gasteiger partial charge in [0.1, 0.15) is 0 Å². The zero-order valence-corrected chi connectivity index (χ0v) is 7.30. The van der Waals surface area contributed by atoms with Crippen molar-refractivity contribution in [3.05, 3.63) is 34.9 Å². The fourth-order valence-electron chi connectivity index (χ4n) is 1.86. The van der Waals surface area contributed by atoms with Gasteiger partial charge in [0.25, 0.3) is 0 Å². The first-order valence-electron chi connectivity index (χ1n) is 4.34. The molecule has 0 saturated carbocycles. The quantitative estimate of drug-likeness (QED) is 0.506. The molecule has 0 nitrogen and oxygen atoms in total. The van der Waals surface area contributed by atoms with E-state index in [2.05, 4.69) is 31.0 Å². The van der Waals surface area contributed by atoms with Crippen LogP contribution >= 0.6 is 0 Å². The molecular formula is C12H12. The molecule has 0 radical (unpaired) electrons. The van der Waals surface area contributed by atoms with Crippen LogP contribution in [0.25, 0.3) is 0 Å². The number of aryl methyl sites for hydroxylation is 1. The Kier molecular flexibility index (Phi) is 1.66. The minimum absolute atomic E-state index is 0.446. The Morgan fingerprint density at radius 2 is 2.08 bits per heavy atom. The minimum atomic E-state index is 0.446. The topological polar surface area (TPSA) is 0 Å². The molecule has 1 aliphatic carbocycles. The fraction of sp³-hybridized carbons (Fsp3) is 0.333. The zero-order valence-electron chi connectivity index (χ0n) is 7.30. The number of hydrogen-bond donors (Lipinski definition) is 0. The summed E-state index contributed by atoms with van der Waals surface area (Å²) in [5.74, 6) is 3.28. The van der Waals surface area contributed by atoms with Crippen LogP contribution in [0.4, 0.5) is 0 Å². The molecule has 0 aliphatic heterocycles. The van der Waals surface area contributed by atoms with E-state index in [4.69, 9.17) is 6.42 Å². The van der Waals surface area contributed by atoms with Crippen molar-refractivity contribution in [1.82, 2.24) is 0 Å². The summed E-state index contributed by atoms with van der Waals surface area (Å²) in [7, 11) is 0. The summed E-state index contributed by atoms with van der Waals surface area (Å²) in [5.41, 5.74) is 4.24. The van der Waals surface area contributed by atoms with Gasteiger partial charge in [-0.2, -0.15) is 0 Å². The van der Waals surface area contributed by atoms with Crippen molar-refractivity contribution in [1.29, 1.82) is 0 Å². The van der Waals surface area contributed by atoms with E-state index in [0.29, 0.717) is 5.92 Å². The lowest BCUT2D eigenvalue weighted by Crippen LogP contribution is -1.92. The fourth-order valence-corrected chi connectivity index (χ4v) is 1.86. The molecule has 0 amide bonds. The smallest absolute Gasteiger partial charge is 0.0281 e. The van der Waals surface area contributed by atoms with E-state index in [-0.39, 0.29) is 0 Å². The molecule has 1 unspecified atom stereocenters. The molecule has 0 heterocycles. The lowest BCUT2D eigenvalue weighted by Gasteiger charge is -1.97. The predicted molar refractivity (Wildman–Crippen MR) is 50.9 cm³/mol. The standard InChI is InChI=1S/C12H12/c1-3-10-7-11-5-4-9(2)6-12(11)8-10/h1,4-6,10H,7-8H2,2H3. The molecule has 12 heavy (non-hydrogen) atoms. The van der Waals surface area contributed by atoms with E-state index in [9.17, 15) is 0 Å². The lowest BCUT2D eigenvalue weighted by molar-refractivity contribution is 0.732. The molecule has 0 saturated heterocycles. The first-order chi connectivity index (χ1) is 5.79. The van der Waals surface area contributed by atoms with Gasteiger partial charge in [-0.15, -0.1) is 12.3 Å². The number of hydrogen-bond acceptors (Lipinski definition) is 0. The van der Waals surface area contributed by atoms with Gasteiger partial charge in [-0.05, 0) is 30.9 Å². The summed E-state index contributed by atoms with van der Waals surface area (Å²) < 4.78 is 0. The van der Waals surface area contributed by atoms with Gasteiger partial charge >= 0.3 is 0 Å². The average molecular weight is 156 g/mol. The number of benzene rings is 1. The molecule has 1 aliphatic rings. The molecule has 0 spiro atoms. The molecule has 0 bridgehead atoms. The maximum Gasteiger partial charge on any atom is 0.0281 e. The van der Waals surface area contributed by atoms with Crippen molar-refractivity contribution in [2.24, 2.45) is 5.92 Å². The molecule has 1 aromatic rings. The highest BCUT2D eigenvalue weighted by molar-refractivity contribution is 5.37. The zero-order chi connectivity index (χ0) is 8.55. The third kappa shape index (κ3) is 1.12. The molecule has 0 aromatic heterocycles. The summed E-state index contributed by atoms with van der Waals surface area (Å²) in [4.78, 5) is 0. The molecule has 0 N–H and O–H groups in total. The third-order valence-electron chi connectivity index (χ3n) is 2.53. The first-order valence-corrected chi connectivity index (χ1v) is 4.34. The molecular weight excluding hydrogens is 144 g/mol. The third-order valence-corrected chi connectivity index (χ3v) is 2.53. The van der Waals surface area contributed by atoms with Crippen molar-refractivity contribution in [3.8, 4) is 12.3 Å². The van der Waals surface area contributed by atoms with Gasteiger partial charge in [-0.3, -0.25) is 0 Å². The van der Waals surface area contributed by atoms with E-state index in [1.54, 1.807) is 0 Å². The normalized spacial score (nSPS) is 20.2. The molecule has 1 aromatic carbocycles. The van der Waals surface area contributed by atoms with Crippen molar-refractivity contribution in [2.45, 2.75) is 19.8 Å². The van der Waals surface area contributed by atoms with Gasteiger partial charge in [-0.1, -0.05) is 23.8 Å². The van der Waals surface area contributed by atoms with Crippen LogP contribution in [-0.2, 0) is 12.8 Å². The lowest BCUT2D eigenvalue weighted by atomic mass is 10.1. The maximum atomic E-state index is 5.40. The van der Waals surface area contributed by atoms with Crippen LogP contribution < -0.4 is 0 Å². The van der Waals surface area contributed by atoms with Gasteiger partial charge < -0.3 is 0 Å². The van der Waals surface area contributed by atoms with Crippen LogP contribution in [-0.4, -0.2) is 0 Å². The summed E-state index contributed by atoms with van der Waals surface area (Å²) in [6.07, 6.45) is 7.55. The van der Waals surface area contributed by atoms with Crippen LogP contribution in [0.1, 0.15) is 16.7 Å². The maximum absolute atomic E-state index is 5.40. The molecule has 0 fully saturated rings. The largest absolute Gasteiger partial charge is 0.120 e. The van der Waals surface area contributed by atoms with E-state index in [1.165, 1.54) is 16.7 Å². The molecule has 60 valence electrons. The van der Waals surface area contributed by atoms with Gasteiger partial charge in [0.15, 0.2) is 0 Å². The van der Waals surface area contributed by atoms with Gasteiger partial charge in [-0.25, -0.2) is 0 Å². The Labute approximate surface area is 73.6 Å². The highest BCUT2D eigenvalue weighted by atomic mass is 14.2. The predicted octanol–water partition coefficient (Wildman–Crippen LogP) is 2.34. The second kappa shape index (κ2) is 2.68. The van der Waals surface area contributed by atoms with Crippen LogP contribution in [0, 0.1) is 25.2 Å². The van der Waals surface area contributed by atoms with Crippen LogP contribution in [0.15, 0.2) is 18.2 Å².